The van der Waals surface area contributed by atoms with Crippen LogP contribution >= 0.6 is 11.6 Å². The molecule has 0 bridgehead atoms. The van der Waals surface area contributed by atoms with Gasteiger partial charge in [-0.3, -0.25) is 4.57 Å². The van der Waals surface area contributed by atoms with E-state index in [-0.39, 0.29) is 6.61 Å². The van der Waals surface area contributed by atoms with Crippen molar-refractivity contribution in [3.63, 3.8) is 0 Å². The van der Waals surface area contributed by atoms with E-state index in [9.17, 15) is 0 Å². The minimum absolute atomic E-state index is 0.0519. The third kappa shape index (κ3) is 2.18. The molecular formula is C11H12ClN3O. The smallest absolute Gasteiger partial charge is 0.171 e. The summed E-state index contributed by atoms with van der Waals surface area (Å²) in [5.74, 6) is 0.696. The highest BCUT2D eigenvalue weighted by molar-refractivity contribution is 6.31. The van der Waals surface area contributed by atoms with Gasteiger partial charge in [0.2, 0.25) is 0 Å². The molecule has 84 valence electrons. The van der Waals surface area contributed by atoms with Crippen LogP contribution in [-0.2, 0) is 0 Å². The molecule has 4 nitrogen and oxygen atoms in total. The molecule has 1 heterocycles. The van der Waals surface area contributed by atoms with E-state index in [0.717, 1.165) is 5.69 Å². The van der Waals surface area contributed by atoms with Crippen LogP contribution in [0.2, 0.25) is 5.15 Å². The quantitative estimate of drug-likeness (QED) is 0.854. The molecule has 0 saturated carbocycles. The summed E-state index contributed by atoms with van der Waals surface area (Å²) in [5, 5.41) is 12.2. The second-order valence-corrected chi connectivity index (χ2v) is 3.60. The van der Waals surface area contributed by atoms with Gasteiger partial charge in [-0.1, -0.05) is 29.8 Å². The van der Waals surface area contributed by atoms with Crippen LogP contribution in [0, 0.1) is 0 Å². The monoisotopic (exact) mass is 237 g/mol. The first-order chi connectivity index (χ1) is 7.83. The fourth-order valence-corrected chi connectivity index (χ4v) is 1.64. The van der Waals surface area contributed by atoms with Gasteiger partial charge in [-0.2, -0.15) is 0 Å². The van der Waals surface area contributed by atoms with E-state index in [4.69, 9.17) is 16.7 Å². The molecule has 0 spiro atoms. The number of aliphatic hydroxyl groups excluding tert-OH is 1. The van der Waals surface area contributed by atoms with Gasteiger partial charge in [0.1, 0.15) is 12.1 Å². The predicted molar refractivity (Wildman–Crippen MR) is 64.1 cm³/mol. The van der Waals surface area contributed by atoms with E-state index < -0.39 is 0 Å². The lowest BCUT2D eigenvalue weighted by Crippen LogP contribution is -2.09. The van der Waals surface area contributed by atoms with Crippen molar-refractivity contribution in [3.05, 3.63) is 41.8 Å². The third-order valence-electron chi connectivity index (χ3n) is 2.16. The minimum atomic E-state index is 0.0519. The Morgan fingerprint density at radius 3 is 2.75 bits per heavy atom. The van der Waals surface area contributed by atoms with Crippen molar-refractivity contribution >= 4 is 17.4 Å². The Kier molecular flexibility index (Phi) is 3.44. The molecule has 0 unspecified atom stereocenters. The van der Waals surface area contributed by atoms with Gasteiger partial charge in [0.15, 0.2) is 5.15 Å². The topological polar surface area (TPSA) is 50.1 Å². The molecule has 2 rings (SSSR count). The zero-order chi connectivity index (χ0) is 11.4. The number of rotatable bonds is 4. The van der Waals surface area contributed by atoms with Crippen molar-refractivity contribution in [3.8, 4) is 5.69 Å². The number of hydrogen-bond acceptors (Lipinski definition) is 3. The molecule has 2 aromatic rings. The summed E-state index contributed by atoms with van der Waals surface area (Å²) in [4.78, 5) is 4.03. The lowest BCUT2D eigenvalue weighted by molar-refractivity contribution is 0.311. The van der Waals surface area contributed by atoms with Crippen LogP contribution in [0.25, 0.3) is 5.69 Å². The summed E-state index contributed by atoms with van der Waals surface area (Å²) >= 11 is 5.95. The standard InChI is InChI=1S/C11H12ClN3O/c12-10-11(13-6-7-16)15(8-14-10)9-4-2-1-3-5-9/h1-5,8,13,16H,6-7H2. The first kappa shape index (κ1) is 11.0. The minimum Gasteiger partial charge on any atom is -0.395 e. The van der Waals surface area contributed by atoms with Crippen LogP contribution < -0.4 is 5.32 Å². The maximum atomic E-state index is 8.78. The number of nitrogens with zero attached hydrogens (tertiary/aromatic N) is 2. The van der Waals surface area contributed by atoms with Crippen LogP contribution in [0.3, 0.4) is 0 Å². The van der Waals surface area contributed by atoms with Gasteiger partial charge in [0.05, 0.1) is 6.61 Å². The summed E-state index contributed by atoms with van der Waals surface area (Å²) in [5.41, 5.74) is 0.974. The summed E-state index contributed by atoms with van der Waals surface area (Å²) in [6.07, 6.45) is 1.65. The molecule has 0 saturated heterocycles. The van der Waals surface area contributed by atoms with E-state index in [1.807, 2.05) is 34.9 Å². The highest BCUT2D eigenvalue weighted by Gasteiger charge is 2.09. The Bertz CT molecular complexity index is 456. The Labute approximate surface area is 98.5 Å². The van der Waals surface area contributed by atoms with Crippen LogP contribution in [-0.4, -0.2) is 27.8 Å². The third-order valence-corrected chi connectivity index (χ3v) is 2.44. The highest BCUT2D eigenvalue weighted by Crippen LogP contribution is 2.23. The summed E-state index contributed by atoms with van der Waals surface area (Å²) in [6, 6.07) is 9.76. The number of aliphatic hydroxyl groups is 1. The van der Waals surface area contributed by atoms with E-state index in [1.165, 1.54) is 0 Å². The molecule has 0 aliphatic heterocycles. The van der Waals surface area contributed by atoms with Crippen LogP contribution in [0.15, 0.2) is 36.7 Å². The lowest BCUT2D eigenvalue weighted by atomic mass is 10.3. The largest absolute Gasteiger partial charge is 0.395 e. The van der Waals surface area contributed by atoms with Crippen LogP contribution in [0.5, 0.6) is 0 Å². The maximum absolute atomic E-state index is 8.78. The Balaban J connectivity index is 2.34. The normalized spacial score (nSPS) is 10.4. The molecule has 1 aromatic carbocycles. The summed E-state index contributed by atoms with van der Waals surface area (Å²) in [7, 11) is 0. The van der Waals surface area contributed by atoms with E-state index >= 15 is 0 Å². The number of benzene rings is 1. The van der Waals surface area contributed by atoms with Crippen molar-refractivity contribution < 1.29 is 5.11 Å². The van der Waals surface area contributed by atoms with E-state index in [1.54, 1.807) is 6.33 Å². The van der Waals surface area contributed by atoms with Gasteiger partial charge in [0.25, 0.3) is 0 Å². The van der Waals surface area contributed by atoms with Crippen molar-refractivity contribution in [2.24, 2.45) is 0 Å². The lowest BCUT2D eigenvalue weighted by Gasteiger charge is -2.09. The van der Waals surface area contributed by atoms with Crippen molar-refractivity contribution in [1.82, 2.24) is 9.55 Å². The molecule has 0 atom stereocenters. The van der Waals surface area contributed by atoms with Crippen LogP contribution in [0.1, 0.15) is 0 Å². The van der Waals surface area contributed by atoms with Gasteiger partial charge in [0, 0.05) is 12.2 Å². The van der Waals surface area contributed by atoms with Crippen molar-refractivity contribution in [1.29, 1.82) is 0 Å². The number of nitrogens with one attached hydrogen (secondary N) is 1. The number of hydrogen-bond donors (Lipinski definition) is 2. The second-order valence-electron chi connectivity index (χ2n) is 3.24. The SMILES string of the molecule is OCCNc1c(Cl)ncn1-c1ccccc1. The van der Waals surface area contributed by atoms with Crippen LogP contribution in [0.4, 0.5) is 5.82 Å². The molecule has 2 N–H and O–H groups in total. The number of anilines is 1. The number of para-hydroxylation sites is 1. The molecule has 0 fully saturated rings. The van der Waals surface area contributed by atoms with Crippen molar-refractivity contribution in [2.75, 3.05) is 18.5 Å². The molecule has 0 aliphatic rings. The zero-order valence-corrected chi connectivity index (χ0v) is 9.35. The maximum Gasteiger partial charge on any atom is 0.171 e. The number of aromatic nitrogens is 2. The van der Waals surface area contributed by atoms with Crippen molar-refractivity contribution in [2.45, 2.75) is 0 Å². The van der Waals surface area contributed by atoms with Gasteiger partial charge in [-0.15, -0.1) is 0 Å². The molecule has 0 radical (unpaired) electrons. The van der Waals surface area contributed by atoms with E-state index in [0.29, 0.717) is 17.5 Å². The van der Waals surface area contributed by atoms with Gasteiger partial charge in [-0.25, -0.2) is 4.98 Å². The second kappa shape index (κ2) is 5.01. The zero-order valence-electron chi connectivity index (χ0n) is 8.60. The molecule has 0 amide bonds. The summed E-state index contributed by atoms with van der Waals surface area (Å²) in [6.45, 7) is 0.495. The van der Waals surface area contributed by atoms with E-state index in [2.05, 4.69) is 10.3 Å². The molecule has 1 aromatic heterocycles. The Morgan fingerprint density at radius 2 is 2.06 bits per heavy atom. The first-order valence-electron chi connectivity index (χ1n) is 4.96. The number of imidazole rings is 1. The molecule has 5 heteroatoms. The predicted octanol–water partition coefficient (Wildman–Crippen LogP) is 1.93. The average Bonchev–Trinajstić information content (AvgIpc) is 2.69. The van der Waals surface area contributed by atoms with Gasteiger partial charge >= 0.3 is 0 Å². The van der Waals surface area contributed by atoms with Gasteiger partial charge < -0.3 is 10.4 Å². The average molecular weight is 238 g/mol. The Hall–Kier alpha value is -1.52. The Morgan fingerprint density at radius 1 is 1.31 bits per heavy atom. The number of halogens is 1. The fourth-order valence-electron chi connectivity index (χ4n) is 1.44. The molecular weight excluding hydrogens is 226 g/mol. The fraction of sp³-hybridized carbons (Fsp3) is 0.182. The highest BCUT2D eigenvalue weighted by atomic mass is 35.5. The molecule has 16 heavy (non-hydrogen) atoms. The molecule has 0 aliphatic carbocycles. The summed E-state index contributed by atoms with van der Waals surface area (Å²) < 4.78 is 1.85. The first-order valence-corrected chi connectivity index (χ1v) is 5.33. The van der Waals surface area contributed by atoms with Gasteiger partial charge in [-0.05, 0) is 12.1 Å².